The van der Waals surface area contributed by atoms with E-state index in [0.717, 1.165) is 37.2 Å². The molecular weight excluding hydrogens is 355 g/mol. The summed E-state index contributed by atoms with van der Waals surface area (Å²) in [5, 5.41) is 4.48. The van der Waals surface area contributed by atoms with Crippen LogP contribution in [0.15, 0.2) is 30.3 Å². The van der Waals surface area contributed by atoms with E-state index < -0.39 is 0 Å². The maximum atomic E-state index is 13.6. The lowest BCUT2D eigenvalue weighted by atomic mass is 9.75. The van der Waals surface area contributed by atoms with E-state index in [2.05, 4.69) is 14.9 Å². The Labute approximate surface area is 165 Å². The molecule has 1 aromatic heterocycles. The van der Waals surface area contributed by atoms with Crippen LogP contribution >= 0.6 is 0 Å². The molecule has 0 aliphatic carbocycles. The van der Waals surface area contributed by atoms with Gasteiger partial charge in [0.1, 0.15) is 11.5 Å². The summed E-state index contributed by atoms with van der Waals surface area (Å²) in [6, 6.07) is 9.37. The first-order chi connectivity index (χ1) is 13.6. The second kappa shape index (κ2) is 6.69. The zero-order valence-electron chi connectivity index (χ0n) is 16.5. The van der Waals surface area contributed by atoms with Gasteiger partial charge in [0.2, 0.25) is 0 Å². The molecule has 2 aromatic rings. The minimum Gasteiger partial charge on any atom is -0.332 e. The van der Waals surface area contributed by atoms with E-state index in [1.54, 1.807) is 12.1 Å². The van der Waals surface area contributed by atoms with E-state index in [1.807, 2.05) is 36.7 Å². The minimum atomic E-state index is -0.209. The van der Waals surface area contributed by atoms with Gasteiger partial charge in [0.15, 0.2) is 0 Å². The fraction of sp³-hybridized carbons (Fsp3) is 0.545. The summed E-state index contributed by atoms with van der Waals surface area (Å²) in [7, 11) is 0. The van der Waals surface area contributed by atoms with Crippen molar-refractivity contribution >= 4 is 5.91 Å². The predicted molar refractivity (Wildman–Crippen MR) is 105 cm³/mol. The quantitative estimate of drug-likeness (QED) is 0.819. The number of nitrogens with zero attached hydrogens (tertiary/aromatic N) is 4. The van der Waals surface area contributed by atoms with Crippen LogP contribution in [0, 0.1) is 18.7 Å². The van der Waals surface area contributed by atoms with Crippen LogP contribution < -0.4 is 0 Å². The van der Waals surface area contributed by atoms with Crippen molar-refractivity contribution in [2.45, 2.75) is 51.2 Å². The molecule has 6 heteroatoms. The van der Waals surface area contributed by atoms with E-state index >= 15 is 0 Å². The first kappa shape index (κ1) is 17.9. The van der Waals surface area contributed by atoms with Crippen molar-refractivity contribution in [2.75, 3.05) is 19.6 Å². The van der Waals surface area contributed by atoms with Crippen molar-refractivity contribution < 1.29 is 9.18 Å². The minimum absolute atomic E-state index is 0.0933. The molecule has 2 bridgehead atoms. The van der Waals surface area contributed by atoms with Gasteiger partial charge in [-0.1, -0.05) is 12.1 Å². The Hall–Kier alpha value is -2.21. The van der Waals surface area contributed by atoms with Crippen LogP contribution in [0.5, 0.6) is 0 Å². The zero-order valence-corrected chi connectivity index (χ0v) is 16.5. The zero-order chi connectivity index (χ0) is 19.4. The smallest absolute Gasteiger partial charge is 0.272 e. The molecule has 4 aliphatic rings. The molecule has 0 spiro atoms. The van der Waals surface area contributed by atoms with Crippen LogP contribution in [0.25, 0.3) is 0 Å². The molecule has 3 atom stereocenters. The summed E-state index contributed by atoms with van der Waals surface area (Å²) in [4.78, 5) is 18.3. The molecular formula is C22H27FN4O. The Kier molecular flexibility index (Phi) is 4.27. The summed E-state index contributed by atoms with van der Waals surface area (Å²) in [5.74, 6) is 0.676. The molecule has 28 heavy (non-hydrogen) atoms. The predicted octanol–water partition coefficient (Wildman–Crippen LogP) is 3.05. The molecule has 0 saturated carbocycles. The van der Waals surface area contributed by atoms with Crippen LogP contribution in [-0.2, 0) is 6.54 Å². The van der Waals surface area contributed by atoms with Crippen molar-refractivity contribution in [3.05, 3.63) is 53.1 Å². The van der Waals surface area contributed by atoms with Gasteiger partial charge in [0.05, 0.1) is 11.7 Å². The third kappa shape index (κ3) is 2.69. The second-order valence-electron chi connectivity index (χ2n) is 8.46. The Balaban J connectivity index is 1.53. The van der Waals surface area contributed by atoms with Crippen LogP contribution in [-0.4, -0.2) is 57.2 Å². The number of amides is 1. The van der Waals surface area contributed by atoms with E-state index in [0.29, 0.717) is 30.7 Å². The fourth-order valence-electron chi connectivity index (χ4n) is 5.76. The summed E-state index contributed by atoms with van der Waals surface area (Å²) in [6.07, 6.45) is 2.32. The first-order valence-corrected chi connectivity index (χ1v) is 10.4. The summed E-state index contributed by atoms with van der Waals surface area (Å²) in [5.41, 5.74) is 2.71. The molecule has 4 aliphatic heterocycles. The van der Waals surface area contributed by atoms with Crippen LogP contribution in [0.4, 0.5) is 4.39 Å². The largest absolute Gasteiger partial charge is 0.332 e. The number of halogens is 1. The molecule has 4 fully saturated rings. The number of benzene rings is 1. The molecule has 0 N–H and O–H groups in total. The normalized spacial score (nSPS) is 31.2. The molecule has 148 valence electrons. The summed E-state index contributed by atoms with van der Waals surface area (Å²) >= 11 is 0. The molecule has 5 heterocycles. The third-order valence-corrected chi connectivity index (χ3v) is 6.97. The van der Waals surface area contributed by atoms with Crippen molar-refractivity contribution in [1.29, 1.82) is 0 Å². The third-order valence-electron chi connectivity index (χ3n) is 6.97. The average molecular weight is 382 g/mol. The van der Waals surface area contributed by atoms with E-state index in [4.69, 9.17) is 0 Å². The van der Waals surface area contributed by atoms with Crippen molar-refractivity contribution in [3.8, 4) is 0 Å². The van der Waals surface area contributed by atoms with Gasteiger partial charge in [-0.25, -0.2) is 4.39 Å². The average Bonchev–Trinajstić information content (AvgIpc) is 3.31. The molecule has 0 radical (unpaired) electrons. The summed E-state index contributed by atoms with van der Waals surface area (Å²) in [6.45, 7) is 7.56. The Morgan fingerprint density at radius 3 is 2.57 bits per heavy atom. The topological polar surface area (TPSA) is 41.4 Å². The molecule has 1 aromatic carbocycles. The number of fused-ring (bicyclic) bond motifs is 2. The van der Waals surface area contributed by atoms with Gasteiger partial charge in [0.25, 0.3) is 5.91 Å². The van der Waals surface area contributed by atoms with Crippen LogP contribution in [0.3, 0.4) is 0 Å². The molecule has 5 nitrogen and oxygen atoms in total. The van der Waals surface area contributed by atoms with Gasteiger partial charge in [0, 0.05) is 25.0 Å². The van der Waals surface area contributed by atoms with Crippen molar-refractivity contribution in [2.24, 2.45) is 5.92 Å². The van der Waals surface area contributed by atoms with Gasteiger partial charge in [-0.15, -0.1) is 0 Å². The number of aryl methyl sites for hydroxylation is 2. The van der Waals surface area contributed by atoms with E-state index in [9.17, 15) is 9.18 Å². The lowest BCUT2D eigenvalue weighted by Gasteiger charge is -2.51. The number of likely N-dealkylation sites (tertiary alicyclic amines) is 1. The van der Waals surface area contributed by atoms with Crippen molar-refractivity contribution in [1.82, 2.24) is 19.6 Å². The SMILES string of the molecule is CCn1nc(C)cc1C(=O)N1C[C@H](c2ccc(F)cc2)[C@H]2[C@@H]1C1CCN2CC1. The Bertz CT molecular complexity index is 884. The lowest BCUT2D eigenvalue weighted by Crippen LogP contribution is -2.60. The number of carbonyl (C=O) groups excluding carboxylic acids is 1. The monoisotopic (exact) mass is 382 g/mol. The number of aromatic nitrogens is 2. The Morgan fingerprint density at radius 1 is 1.18 bits per heavy atom. The molecule has 1 amide bonds. The highest BCUT2D eigenvalue weighted by Gasteiger charge is 2.54. The molecule has 0 unspecified atom stereocenters. The number of hydrogen-bond donors (Lipinski definition) is 0. The van der Waals surface area contributed by atoms with Gasteiger partial charge >= 0.3 is 0 Å². The fourth-order valence-corrected chi connectivity index (χ4v) is 5.76. The summed E-state index contributed by atoms with van der Waals surface area (Å²) < 4.78 is 15.3. The maximum Gasteiger partial charge on any atom is 0.272 e. The van der Waals surface area contributed by atoms with Gasteiger partial charge in [-0.2, -0.15) is 5.10 Å². The van der Waals surface area contributed by atoms with Gasteiger partial charge in [-0.05, 0) is 69.5 Å². The lowest BCUT2D eigenvalue weighted by molar-refractivity contribution is -0.00375. The van der Waals surface area contributed by atoms with Crippen molar-refractivity contribution in [3.63, 3.8) is 0 Å². The Morgan fingerprint density at radius 2 is 1.89 bits per heavy atom. The first-order valence-electron chi connectivity index (χ1n) is 10.4. The number of piperidine rings is 3. The molecule has 6 rings (SSSR count). The van der Waals surface area contributed by atoms with Gasteiger partial charge in [-0.3, -0.25) is 14.4 Å². The highest BCUT2D eigenvalue weighted by atomic mass is 19.1. The molecule has 4 saturated heterocycles. The maximum absolute atomic E-state index is 13.6. The van der Waals surface area contributed by atoms with Gasteiger partial charge < -0.3 is 4.90 Å². The standard InChI is InChI=1S/C22H27FN4O/c1-3-27-19(12-14(2)24-27)22(28)26-13-18(15-4-6-17(23)7-5-15)21-20(26)16-8-10-25(21)11-9-16/h4-7,12,16,18,20-21H,3,8-11,13H2,1-2H3/t18-,20+,21+/m1/s1. The van der Waals surface area contributed by atoms with Crippen LogP contribution in [0.1, 0.15) is 47.4 Å². The van der Waals surface area contributed by atoms with E-state index in [1.165, 1.54) is 0 Å². The number of carbonyl (C=O) groups is 1. The number of rotatable bonds is 3. The second-order valence-corrected chi connectivity index (χ2v) is 8.46. The van der Waals surface area contributed by atoms with E-state index in [-0.39, 0.29) is 23.7 Å². The van der Waals surface area contributed by atoms with Crippen LogP contribution in [0.2, 0.25) is 0 Å². The highest BCUT2D eigenvalue weighted by Crippen LogP contribution is 2.47. The highest BCUT2D eigenvalue weighted by molar-refractivity contribution is 5.93. The number of hydrogen-bond acceptors (Lipinski definition) is 3.